The number of nitrogens with zero attached hydrogens (tertiary/aromatic N) is 2. The number of sulfone groups is 1. The van der Waals surface area contributed by atoms with Crippen LogP contribution in [-0.4, -0.2) is 24.2 Å². The molecule has 0 fully saturated rings. The van der Waals surface area contributed by atoms with E-state index in [1.807, 2.05) is 0 Å². The van der Waals surface area contributed by atoms with Crippen LogP contribution in [0.5, 0.6) is 0 Å². The van der Waals surface area contributed by atoms with Crippen molar-refractivity contribution in [1.82, 2.24) is 9.55 Å². The number of fused-ring (bicyclic) bond motifs is 1. The van der Waals surface area contributed by atoms with Crippen LogP contribution >= 0.6 is 0 Å². The van der Waals surface area contributed by atoms with Gasteiger partial charge in [0, 0.05) is 18.0 Å². The average Bonchev–Trinajstić information content (AvgIpc) is 2.85. The maximum absolute atomic E-state index is 13.6. The van der Waals surface area contributed by atoms with Gasteiger partial charge in [0.15, 0.2) is 9.84 Å². The van der Waals surface area contributed by atoms with E-state index >= 15 is 0 Å². The third-order valence-corrected chi connectivity index (χ3v) is 4.66. The Kier molecular flexibility index (Phi) is 3.69. The SMILES string of the molecule is CC(N)c1nc2ccc(F)cc2n1-c1cccc(S(C)(=O)=O)c1. The van der Waals surface area contributed by atoms with Gasteiger partial charge < -0.3 is 5.73 Å². The number of hydrogen-bond donors (Lipinski definition) is 1. The van der Waals surface area contributed by atoms with Crippen molar-refractivity contribution in [3.63, 3.8) is 0 Å². The lowest BCUT2D eigenvalue weighted by atomic mass is 10.2. The van der Waals surface area contributed by atoms with Crippen LogP contribution in [0.2, 0.25) is 0 Å². The Hall–Kier alpha value is -2.25. The van der Waals surface area contributed by atoms with Crippen molar-refractivity contribution in [2.75, 3.05) is 6.26 Å². The molecule has 2 aromatic carbocycles. The zero-order valence-electron chi connectivity index (χ0n) is 12.7. The van der Waals surface area contributed by atoms with Crippen LogP contribution in [0.4, 0.5) is 4.39 Å². The molecule has 0 radical (unpaired) electrons. The molecule has 0 spiro atoms. The molecule has 1 atom stereocenters. The van der Waals surface area contributed by atoms with Crippen LogP contribution in [-0.2, 0) is 9.84 Å². The van der Waals surface area contributed by atoms with E-state index in [1.165, 1.54) is 24.3 Å². The topological polar surface area (TPSA) is 78.0 Å². The molecule has 5 nitrogen and oxygen atoms in total. The third-order valence-electron chi connectivity index (χ3n) is 3.55. The number of benzene rings is 2. The van der Waals surface area contributed by atoms with Crippen molar-refractivity contribution in [2.45, 2.75) is 17.9 Å². The van der Waals surface area contributed by atoms with Crippen LogP contribution in [0, 0.1) is 5.82 Å². The summed E-state index contributed by atoms with van der Waals surface area (Å²) in [6.45, 7) is 1.77. The molecule has 0 aliphatic rings. The van der Waals surface area contributed by atoms with Gasteiger partial charge in [0.25, 0.3) is 0 Å². The number of aromatic nitrogens is 2. The van der Waals surface area contributed by atoms with E-state index in [9.17, 15) is 12.8 Å². The molecule has 3 rings (SSSR count). The molecule has 2 N–H and O–H groups in total. The van der Waals surface area contributed by atoms with Gasteiger partial charge in [0.05, 0.1) is 22.0 Å². The zero-order chi connectivity index (χ0) is 16.8. The Morgan fingerprint density at radius 2 is 1.96 bits per heavy atom. The first-order valence-corrected chi connectivity index (χ1v) is 8.90. The van der Waals surface area contributed by atoms with Crippen molar-refractivity contribution in [2.24, 2.45) is 5.73 Å². The van der Waals surface area contributed by atoms with Gasteiger partial charge in [-0.3, -0.25) is 4.57 Å². The van der Waals surface area contributed by atoms with E-state index in [-0.39, 0.29) is 4.90 Å². The summed E-state index contributed by atoms with van der Waals surface area (Å²) in [7, 11) is -3.35. The van der Waals surface area contributed by atoms with Gasteiger partial charge in [-0.2, -0.15) is 0 Å². The van der Waals surface area contributed by atoms with Crippen molar-refractivity contribution in [3.05, 3.63) is 54.1 Å². The van der Waals surface area contributed by atoms with Crippen LogP contribution < -0.4 is 5.73 Å². The quantitative estimate of drug-likeness (QED) is 0.799. The number of halogens is 1. The van der Waals surface area contributed by atoms with Crippen molar-refractivity contribution < 1.29 is 12.8 Å². The van der Waals surface area contributed by atoms with E-state index in [1.54, 1.807) is 29.7 Å². The fourth-order valence-corrected chi connectivity index (χ4v) is 3.16. The smallest absolute Gasteiger partial charge is 0.175 e. The van der Waals surface area contributed by atoms with Crippen molar-refractivity contribution >= 4 is 20.9 Å². The molecule has 0 saturated carbocycles. The minimum absolute atomic E-state index is 0.184. The second-order valence-corrected chi connectivity index (χ2v) is 7.51. The van der Waals surface area contributed by atoms with E-state index in [4.69, 9.17) is 5.73 Å². The minimum Gasteiger partial charge on any atom is -0.322 e. The van der Waals surface area contributed by atoms with E-state index in [2.05, 4.69) is 4.98 Å². The van der Waals surface area contributed by atoms with E-state index in [0.29, 0.717) is 22.5 Å². The molecular weight excluding hydrogens is 317 g/mol. The number of imidazole rings is 1. The Morgan fingerprint density at radius 3 is 2.61 bits per heavy atom. The average molecular weight is 333 g/mol. The van der Waals surface area contributed by atoms with Crippen LogP contribution in [0.3, 0.4) is 0 Å². The van der Waals surface area contributed by atoms with Gasteiger partial charge in [-0.1, -0.05) is 6.07 Å². The lowest BCUT2D eigenvalue weighted by Gasteiger charge is -2.12. The summed E-state index contributed by atoms with van der Waals surface area (Å²) in [6, 6.07) is 10.3. The maximum Gasteiger partial charge on any atom is 0.175 e. The van der Waals surface area contributed by atoms with Gasteiger partial charge in [-0.05, 0) is 37.3 Å². The molecule has 0 bridgehead atoms. The largest absolute Gasteiger partial charge is 0.322 e. The van der Waals surface area contributed by atoms with Gasteiger partial charge >= 0.3 is 0 Å². The normalized spacial score (nSPS) is 13.4. The first-order chi connectivity index (χ1) is 10.8. The fourth-order valence-electron chi connectivity index (χ4n) is 2.50. The predicted molar refractivity (Wildman–Crippen MR) is 86.7 cm³/mol. The lowest BCUT2D eigenvalue weighted by molar-refractivity contribution is 0.601. The van der Waals surface area contributed by atoms with Crippen LogP contribution in [0.15, 0.2) is 47.4 Å². The Labute approximate surface area is 133 Å². The fraction of sp³-hybridized carbons (Fsp3) is 0.188. The summed E-state index contributed by atoms with van der Waals surface area (Å²) in [5.41, 5.74) is 7.70. The summed E-state index contributed by atoms with van der Waals surface area (Å²) in [6.07, 6.45) is 1.14. The molecule has 0 amide bonds. The monoisotopic (exact) mass is 333 g/mol. The maximum atomic E-state index is 13.6. The standard InChI is InChI=1S/C16H16FN3O2S/c1-10(18)16-19-14-7-6-11(17)8-15(14)20(16)12-4-3-5-13(9-12)23(2,21)22/h3-10H,18H2,1-2H3. The van der Waals surface area contributed by atoms with Gasteiger partial charge in [0.1, 0.15) is 11.6 Å². The molecule has 23 heavy (non-hydrogen) atoms. The van der Waals surface area contributed by atoms with Gasteiger partial charge in [-0.25, -0.2) is 17.8 Å². The number of nitrogens with two attached hydrogens (primary N) is 1. The summed E-state index contributed by atoms with van der Waals surface area (Å²) in [5.74, 6) is 0.144. The molecule has 0 aliphatic carbocycles. The first-order valence-electron chi connectivity index (χ1n) is 7.01. The summed E-state index contributed by atoms with van der Waals surface area (Å²) < 4.78 is 38.9. The number of hydrogen-bond acceptors (Lipinski definition) is 4. The van der Waals surface area contributed by atoms with Gasteiger partial charge in [0.2, 0.25) is 0 Å². The lowest BCUT2D eigenvalue weighted by Crippen LogP contribution is -2.12. The Morgan fingerprint density at radius 1 is 1.22 bits per heavy atom. The number of rotatable bonds is 3. The molecular formula is C16H16FN3O2S. The third kappa shape index (κ3) is 2.85. The zero-order valence-corrected chi connectivity index (χ0v) is 13.5. The molecule has 7 heteroatoms. The second-order valence-electron chi connectivity index (χ2n) is 5.50. The molecule has 1 unspecified atom stereocenters. The van der Waals surface area contributed by atoms with E-state index in [0.717, 1.165) is 6.26 Å². The molecule has 0 aliphatic heterocycles. The minimum atomic E-state index is -3.35. The summed E-state index contributed by atoms with van der Waals surface area (Å²) >= 11 is 0. The molecule has 3 aromatic rings. The first kappa shape index (κ1) is 15.6. The van der Waals surface area contributed by atoms with E-state index < -0.39 is 21.7 Å². The highest BCUT2D eigenvalue weighted by molar-refractivity contribution is 7.90. The summed E-state index contributed by atoms with van der Waals surface area (Å²) in [5, 5.41) is 0. The van der Waals surface area contributed by atoms with Gasteiger partial charge in [-0.15, -0.1) is 0 Å². The van der Waals surface area contributed by atoms with Crippen molar-refractivity contribution in [1.29, 1.82) is 0 Å². The molecule has 0 saturated heterocycles. The molecule has 120 valence electrons. The Balaban J connectivity index is 2.35. The predicted octanol–water partition coefficient (Wildman–Crippen LogP) is 2.59. The molecule has 1 aromatic heterocycles. The second kappa shape index (κ2) is 5.43. The Bertz CT molecular complexity index is 994. The highest BCUT2D eigenvalue weighted by atomic mass is 32.2. The molecule has 1 heterocycles. The van der Waals surface area contributed by atoms with Crippen molar-refractivity contribution in [3.8, 4) is 5.69 Å². The van der Waals surface area contributed by atoms with Crippen LogP contribution in [0.25, 0.3) is 16.7 Å². The summed E-state index contributed by atoms with van der Waals surface area (Å²) in [4.78, 5) is 4.63. The highest BCUT2D eigenvalue weighted by Crippen LogP contribution is 2.26. The highest BCUT2D eigenvalue weighted by Gasteiger charge is 2.17. The van der Waals surface area contributed by atoms with Crippen LogP contribution in [0.1, 0.15) is 18.8 Å².